The van der Waals surface area contributed by atoms with Gasteiger partial charge in [-0.15, -0.1) is 0 Å². The lowest BCUT2D eigenvalue weighted by Crippen LogP contribution is -2.50. The molecule has 1 aliphatic heterocycles. The largest absolute Gasteiger partial charge is 0.399 e. The fourth-order valence-corrected chi connectivity index (χ4v) is 7.88. The van der Waals surface area contributed by atoms with E-state index in [1.165, 1.54) is 6.07 Å². The zero-order valence-corrected chi connectivity index (χ0v) is 17.4. The van der Waals surface area contributed by atoms with Crippen LogP contribution in [0.4, 0.5) is 5.69 Å². The fourth-order valence-electron chi connectivity index (χ4n) is 4.07. The molecule has 5 N–H and O–H groups in total. The molecule has 0 radical (unpaired) electrons. The number of nitrogen functional groups attached to an aromatic ring is 1. The Morgan fingerprint density at radius 2 is 1.75 bits per heavy atom. The molecule has 0 bridgehead atoms. The molecule has 0 fully saturated rings. The minimum Gasteiger partial charge on any atom is -0.399 e. The molecular weight excluding hydrogens is 388 g/mol. The Kier molecular flexibility index (Phi) is 4.08. The van der Waals surface area contributed by atoms with Crippen LogP contribution in [-0.4, -0.2) is 26.8 Å². The molecule has 1 aliphatic carbocycles. The highest BCUT2D eigenvalue weighted by atomic mass is 32.2. The van der Waals surface area contributed by atoms with Gasteiger partial charge >= 0.3 is 0 Å². The van der Waals surface area contributed by atoms with Crippen molar-refractivity contribution in [1.82, 2.24) is 0 Å². The molecule has 1 heterocycles. The number of allylic oxidation sites excluding steroid dienone is 5. The fraction of sp³-hybridized carbons (Fsp3) is 0.0952. The summed E-state index contributed by atoms with van der Waals surface area (Å²) in [6.45, 7) is 4.46. The second-order valence-corrected chi connectivity index (χ2v) is 13.3. The first-order valence-corrected chi connectivity index (χ1v) is 13.3. The minimum atomic E-state index is -4.39. The molecule has 0 atom stereocenters. The zero-order valence-electron chi connectivity index (χ0n) is 15.6. The lowest BCUT2D eigenvalue weighted by molar-refractivity contribution is -0.110. The number of anilines is 1. The van der Waals surface area contributed by atoms with Crippen LogP contribution >= 0.6 is 0 Å². The molecule has 28 heavy (non-hydrogen) atoms. The van der Waals surface area contributed by atoms with Crippen molar-refractivity contribution >= 4 is 40.4 Å². The van der Waals surface area contributed by atoms with Crippen molar-refractivity contribution in [2.75, 3.05) is 5.73 Å². The van der Waals surface area contributed by atoms with Crippen molar-refractivity contribution < 1.29 is 18.4 Å². The topological polar surface area (TPSA) is 106 Å². The zero-order chi connectivity index (χ0) is 20.3. The van der Waals surface area contributed by atoms with E-state index in [9.17, 15) is 13.0 Å². The highest BCUT2D eigenvalue weighted by Gasteiger charge is 2.40. The number of benzene rings is 2. The maximum Gasteiger partial charge on any atom is 0.295 e. The van der Waals surface area contributed by atoms with Crippen molar-refractivity contribution in [1.29, 1.82) is 0 Å². The average Bonchev–Trinajstić information content (AvgIpc) is 2.63. The van der Waals surface area contributed by atoms with Gasteiger partial charge < -0.3 is 5.73 Å². The van der Waals surface area contributed by atoms with Gasteiger partial charge in [0.15, 0.2) is 5.71 Å². The standard InChI is InChI=1S/C21H20N2O3SSi/c1-28(2)19-11-13(22)7-9-16(19)21(17-10-8-14(23)12-20(17)28)15-5-3-4-6-18(15)27(24,25)26/h3-12,22H,23H2,1-2H3,(H,24,25,26)/p+1. The second-order valence-electron chi connectivity index (χ2n) is 7.58. The second kappa shape index (κ2) is 6.13. The van der Waals surface area contributed by atoms with Gasteiger partial charge in [0.2, 0.25) is 0 Å². The molecular formula is C21H21N2O3SSi+. The molecule has 0 saturated carbocycles. The Bertz CT molecular complexity index is 1240. The highest BCUT2D eigenvalue weighted by molar-refractivity contribution is 7.86. The molecule has 0 saturated heterocycles. The lowest BCUT2D eigenvalue weighted by Gasteiger charge is -2.37. The molecule has 4 rings (SSSR count). The van der Waals surface area contributed by atoms with Gasteiger partial charge in [-0.05, 0) is 51.4 Å². The third-order valence-electron chi connectivity index (χ3n) is 5.41. The highest BCUT2D eigenvalue weighted by Crippen LogP contribution is 2.42. The first-order valence-electron chi connectivity index (χ1n) is 8.85. The van der Waals surface area contributed by atoms with Crippen LogP contribution in [0.25, 0.3) is 5.57 Å². The van der Waals surface area contributed by atoms with Crippen molar-refractivity contribution in [3.05, 3.63) is 82.6 Å². The van der Waals surface area contributed by atoms with Gasteiger partial charge in [0.25, 0.3) is 10.1 Å². The van der Waals surface area contributed by atoms with E-state index < -0.39 is 18.2 Å². The van der Waals surface area contributed by atoms with Crippen molar-refractivity contribution in [3.63, 3.8) is 0 Å². The van der Waals surface area contributed by atoms with E-state index in [1.54, 1.807) is 18.2 Å². The van der Waals surface area contributed by atoms with Crippen LogP contribution in [0.5, 0.6) is 0 Å². The van der Waals surface area contributed by atoms with Crippen LogP contribution in [-0.2, 0) is 10.1 Å². The maximum absolute atomic E-state index is 12.1. The number of fused-ring (bicyclic) bond motifs is 2. The van der Waals surface area contributed by atoms with Crippen LogP contribution < -0.4 is 16.3 Å². The predicted molar refractivity (Wildman–Crippen MR) is 114 cm³/mol. The van der Waals surface area contributed by atoms with Gasteiger partial charge in [-0.25, -0.2) is 0 Å². The normalized spacial score (nSPS) is 17.8. The van der Waals surface area contributed by atoms with Gasteiger partial charge in [-0.3, -0.25) is 9.96 Å². The van der Waals surface area contributed by atoms with Crippen molar-refractivity contribution in [2.45, 2.75) is 18.0 Å². The molecule has 5 nitrogen and oxygen atoms in total. The van der Waals surface area contributed by atoms with Crippen LogP contribution in [0, 0.1) is 0 Å². The van der Waals surface area contributed by atoms with Gasteiger partial charge in [0, 0.05) is 23.4 Å². The molecule has 2 aromatic rings. The summed E-state index contributed by atoms with van der Waals surface area (Å²) in [5, 5.41) is 8.32. The number of hydrogen-bond donors (Lipinski definition) is 3. The summed E-state index contributed by atoms with van der Waals surface area (Å²) in [5.41, 5.74) is 10.5. The summed E-state index contributed by atoms with van der Waals surface area (Å²) in [4.78, 5) is -0.114. The number of hydrogen-bond acceptors (Lipinski definition) is 3. The van der Waals surface area contributed by atoms with Gasteiger partial charge in [0.1, 0.15) is 13.0 Å². The smallest absolute Gasteiger partial charge is 0.295 e. The number of rotatable bonds is 2. The molecule has 0 amide bonds. The van der Waals surface area contributed by atoms with E-state index in [-0.39, 0.29) is 4.90 Å². The van der Waals surface area contributed by atoms with E-state index >= 15 is 0 Å². The van der Waals surface area contributed by atoms with E-state index in [0.717, 1.165) is 27.1 Å². The summed E-state index contributed by atoms with van der Waals surface area (Å²) in [5.74, 6) is 0. The van der Waals surface area contributed by atoms with Gasteiger partial charge in [-0.1, -0.05) is 37.4 Å². The minimum absolute atomic E-state index is 0.114. The molecule has 0 unspecified atom stereocenters. The van der Waals surface area contributed by atoms with Gasteiger partial charge in [0.05, 0.1) is 0 Å². The summed E-state index contributed by atoms with van der Waals surface area (Å²) in [7, 11) is -6.52. The predicted octanol–water partition coefficient (Wildman–Crippen LogP) is 1.48. The summed E-state index contributed by atoms with van der Waals surface area (Å²) >= 11 is 0. The molecule has 2 aromatic carbocycles. The monoisotopic (exact) mass is 409 g/mol. The van der Waals surface area contributed by atoms with E-state index in [4.69, 9.17) is 11.1 Å². The Labute approximate surface area is 165 Å². The van der Waals surface area contributed by atoms with Crippen molar-refractivity contribution in [3.8, 4) is 0 Å². The van der Waals surface area contributed by atoms with Crippen LogP contribution in [0.1, 0.15) is 11.1 Å². The average molecular weight is 410 g/mol. The molecule has 2 aliphatic rings. The van der Waals surface area contributed by atoms with E-state index in [0.29, 0.717) is 17.0 Å². The Hall–Kier alpha value is -2.74. The molecule has 0 spiro atoms. The van der Waals surface area contributed by atoms with E-state index in [2.05, 4.69) is 13.1 Å². The van der Waals surface area contributed by atoms with Gasteiger partial charge in [-0.2, -0.15) is 8.42 Å². The molecule has 7 heteroatoms. The van der Waals surface area contributed by atoms with E-state index in [1.807, 2.05) is 36.4 Å². The SMILES string of the molecule is C[Si]1(C)C2=CC(=[NH2+])C=CC2=C(c2ccccc2S(=O)(=O)O)c2ccc(N)cc21. The Morgan fingerprint density at radius 3 is 2.46 bits per heavy atom. The lowest BCUT2D eigenvalue weighted by atomic mass is 9.89. The first-order chi connectivity index (χ1) is 13.1. The van der Waals surface area contributed by atoms with Crippen LogP contribution in [0.3, 0.4) is 0 Å². The number of nitrogens with two attached hydrogens (primary N) is 2. The van der Waals surface area contributed by atoms with Crippen molar-refractivity contribution in [2.24, 2.45) is 0 Å². The third-order valence-corrected chi connectivity index (χ3v) is 9.84. The summed E-state index contributed by atoms with van der Waals surface area (Å²) in [6.07, 6.45) is 5.74. The summed E-state index contributed by atoms with van der Waals surface area (Å²) in [6, 6.07) is 12.2. The Balaban J connectivity index is 2.17. The van der Waals surface area contributed by atoms with Crippen LogP contribution in [0.2, 0.25) is 13.1 Å². The Morgan fingerprint density at radius 1 is 1.04 bits per heavy atom. The molecule has 0 aromatic heterocycles. The first kappa shape index (κ1) is 18.6. The third kappa shape index (κ3) is 2.79. The van der Waals surface area contributed by atoms with Crippen LogP contribution in [0.15, 0.2) is 76.4 Å². The quantitative estimate of drug-likeness (QED) is 0.397. The maximum atomic E-state index is 12.1. The summed E-state index contributed by atoms with van der Waals surface area (Å²) < 4.78 is 33.9. The molecule has 142 valence electrons.